The summed E-state index contributed by atoms with van der Waals surface area (Å²) in [5.74, 6) is 0.890. The summed E-state index contributed by atoms with van der Waals surface area (Å²) in [6.45, 7) is 3.05. The molecule has 1 N–H and O–H groups in total. The smallest absolute Gasteiger partial charge is 0.296 e. The minimum atomic E-state index is -0.450. The standard InChI is InChI=1S/C20H22N6O3/c1-14-16(5-4-8-21-14)18-12-20(23-13-22-18)24-17-7-6-15(11-19(17)26(27)28)29-10-9-25(2)3/h4-8,11-13H,9-10H2,1-3H3,(H,22,23,24). The maximum absolute atomic E-state index is 11.5. The summed E-state index contributed by atoms with van der Waals surface area (Å²) in [6, 6.07) is 10.2. The molecule has 2 heterocycles. The molecule has 0 amide bonds. The first-order valence-corrected chi connectivity index (χ1v) is 9.01. The third-order valence-corrected chi connectivity index (χ3v) is 4.19. The van der Waals surface area contributed by atoms with Gasteiger partial charge in [0, 0.05) is 30.1 Å². The molecule has 0 radical (unpaired) electrons. The molecule has 3 aromatic rings. The average molecular weight is 394 g/mol. The van der Waals surface area contributed by atoms with Crippen molar-refractivity contribution in [3.05, 3.63) is 64.7 Å². The van der Waals surface area contributed by atoms with Gasteiger partial charge in [-0.2, -0.15) is 0 Å². The molecular formula is C20H22N6O3. The normalized spacial score (nSPS) is 10.8. The maximum Gasteiger partial charge on any atom is 0.296 e. The summed E-state index contributed by atoms with van der Waals surface area (Å²) < 4.78 is 5.60. The lowest BCUT2D eigenvalue weighted by atomic mass is 10.1. The number of aryl methyl sites for hydroxylation is 1. The van der Waals surface area contributed by atoms with Gasteiger partial charge in [0.1, 0.15) is 30.2 Å². The number of nitro benzene ring substituents is 1. The van der Waals surface area contributed by atoms with Crippen LogP contribution in [0.5, 0.6) is 5.75 Å². The van der Waals surface area contributed by atoms with E-state index in [0.717, 1.165) is 11.3 Å². The van der Waals surface area contributed by atoms with Gasteiger partial charge in [-0.05, 0) is 45.3 Å². The van der Waals surface area contributed by atoms with Crippen molar-refractivity contribution in [2.75, 3.05) is 32.6 Å². The van der Waals surface area contributed by atoms with Gasteiger partial charge >= 0.3 is 0 Å². The number of hydrogen-bond acceptors (Lipinski definition) is 8. The van der Waals surface area contributed by atoms with Crippen LogP contribution in [-0.2, 0) is 0 Å². The van der Waals surface area contributed by atoms with E-state index in [2.05, 4.69) is 20.3 Å². The summed E-state index contributed by atoms with van der Waals surface area (Å²) in [6.07, 6.45) is 3.12. The van der Waals surface area contributed by atoms with Gasteiger partial charge in [-0.15, -0.1) is 0 Å². The van der Waals surface area contributed by atoms with E-state index in [-0.39, 0.29) is 5.69 Å². The van der Waals surface area contributed by atoms with E-state index in [1.165, 1.54) is 12.4 Å². The zero-order chi connectivity index (χ0) is 20.8. The molecule has 0 aliphatic rings. The van der Waals surface area contributed by atoms with Crippen LogP contribution in [0.3, 0.4) is 0 Å². The highest BCUT2D eigenvalue weighted by atomic mass is 16.6. The molecule has 9 nitrogen and oxygen atoms in total. The van der Waals surface area contributed by atoms with Crippen molar-refractivity contribution < 1.29 is 9.66 Å². The predicted molar refractivity (Wildman–Crippen MR) is 110 cm³/mol. The Morgan fingerprint density at radius 1 is 1.17 bits per heavy atom. The fourth-order valence-corrected chi connectivity index (χ4v) is 2.67. The van der Waals surface area contributed by atoms with Crippen LogP contribution >= 0.6 is 0 Å². The lowest BCUT2D eigenvalue weighted by Gasteiger charge is -2.12. The topological polar surface area (TPSA) is 106 Å². The number of hydrogen-bond donors (Lipinski definition) is 1. The molecule has 0 saturated carbocycles. The maximum atomic E-state index is 11.5. The number of nitro groups is 1. The van der Waals surface area contributed by atoms with Gasteiger partial charge < -0.3 is 15.0 Å². The van der Waals surface area contributed by atoms with Crippen LogP contribution < -0.4 is 10.1 Å². The summed E-state index contributed by atoms with van der Waals surface area (Å²) in [5.41, 5.74) is 2.62. The highest BCUT2D eigenvalue weighted by molar-refractivity contribution is 5.72. The Bertz CT molecular complexity index is 1010. The number of nitrogens with one attached hydrogen (secondary N) is 1. The SMILES string of the molecule is Cc1ncccc1-c1cc(Nc2ccc(OCCN(C)C)cc2[N+](=O)[O-])ncn1. The van der Waals surface area contributed by atoms with Crippen molar-refractivity contribution >= 4 is 17.2 Å². The molecule has 0 spiro atoms. The van der Waals surface area contributed by atoms with Crippen LogP contribution in [0.2, 0.25) is 0 Å². The summed E-state index contributed by atoms with van der Waals surface area (Å²) in [4.78, 5) is 25.8. The molecule has 1 aromatic carbocycles. The van der Waals surface area contributed by atoms with Crippen molar-refractivity contribution in [3.8, 4) is 17.0 Å². The molecule has 0 saturated heterocycles. The van der Waals surface area contributed by atoms with Gasteiger partial charge in [0.15, 0.2) is 0 Å². The molecule has 29 heavy (non-hydrogen) atoms. The second kappa shape index (κ2) is 9.07. The molecule has 2 aromatic heterocycles. The zero-order valence-corrected chi connectivity index (χ0v) is 16.5. The Morgan fingerprint density at radius 2 is 2.00 bits per heavy atom. The second-order valence-corrected chi connectivity index (χ2v) is 6.64. The minimum absolute atomic E-state index is 0.0925. The highest BCUT2D eigenvalue weighted by Crippen LogP contribution is 2.31. The summed E-state index contributed by atoms with van der Waals surface area (Å²) in [5, 5.41) is 14.5. The zero-order valence-electron chi connectivity index (χ0n) is 16.5. The van der Waals surface area contributed by atoms with Crippen LogP contribution in [0, 0.1) is 17.0 Å². The predicted octanol–water partition coefficient (Wildman–Crippen LogP) is 3.44. The first-order chi connectivity index (χ1) is 13.9. The average Bonchev–Trinajstić information content (AvgIpc) is 2.69. The van der Waals surface area contributed by atoms with Gasteiger partial charge in [-0.25, -0.2) is 9.97 Å². The Balaban J connectivity index is 1.83. The van der Waals surface area contributed by atoms with Gasteiger partial charge in [0.2, 0.25) is 0 Å². The summed E-state index contributed by atoms with van der Waals surface area (Å²) in [7, 11) is 3.86. The first-order valence-electron chi connectivity index (χ1n) is 9.01. The van der Waals surface area contributed by atoms with Crippen LogP contribution in [0.25, 0.3) is 11.3 Å². The van der Waals surface area contributed by atoms with E-state index in [0.29, 0.717) is 36.1 Å². The Hall–Kier alpha value is -3.59. The van der Waals surface area contributed by atoms with Crippen molar-refractivity contribution in [1.29, 1.82) is 0 Å². The molecule has 3 rings (SSSR count). The van der Waals surface area contributed by atoms with Gasteiger partial charge in [-0.3, -0.25) is 15.1 Å². The lowest BCUT2D eigenvalue weighted by Crippen LogP contribution is -2.19. The van der Waals surface area contributed by atoms with Crippen LogP contribution in [-0.4, -0.2) is 52.0 Å². The van der Waals surface area contributed by atoms with Crippen molar-refractivity contribution in [1.82, 2.24) is 19.9 Å². The molecule has 150 valence electrons. The second-order valence-electron chi connectivity index (χ2n) is 6.64. The molecule has 0 aliphatic heterocycles. The number of anilines is 2. The van der Waals surface area contributed by atoms with E-state index < -0.39 is 4.92 Å². The number of ether oxygens (including phenoxy) is 1. The molecule has 0 bridgehead atoms. The van der Waals surface area contributed by atoms with Gasteiger partial charge in [0.05, 0.1) is 16.7 Å². The molecular weight excluding hydrogens is 372 g/mol. The fraction of sp³-hybridized carbons (Fsp3) is 0.250. The van der Waals surface area contributed by atoms with Crippen LogP contribution in [0.15, 0.2) is 48.9 Å². The molecule has 0 unspecified atom stereocenters. The molecule has 0 atom stereocenters. The third-order valence-electron chi connectivity index (χ3n) is 4.19. The molecule has 0 aliphatic carbocycles. The van der Waals surface area contributed by atoms with Crippen molar-refractivity contribution in [2.24, 2.45) is 0 Å². The van der Waals surface area contributed by atoms with E-state index >= 15 is 0 Å². The first kappa shape index (κ1) is 20.2. The number of benzene rings is 1. The minimum Gasteiger partial charge on any atom is -0.492 e. The fourth-order valence-electron chi connectivity index (χ4n) is 2.67. The Morgan fingerprint density at radius 3 is 2.72 bits per heavy atom. The van der Waals surface area contributed by atoms with Crippen LogP contribution in [0.4, 0.5) is 17.2 Å². The number of likely N-dealkylation sites (N-methyl/N-ethyl adjacent to an activating group) is 1. The van der Waals surface area contributed by atoms with Gasteiger partial charge in [0.25, 0.3) is 5.69 Å². The van der Waals surface area contributed by atoms with Gasteiger partial charge in [-0.1, -0.05) is 0 Å². The lowest BCUT2D eigenvalue weighted by molar-refractivity contribution is -0.384. The number of rotatable bonds is 8. The van der Waals surface area contributed by atoms with Crippen molar-refractivity contribution in [3.63, 3.8) is 0 Å². The van der Waals surface area contributed by atoms with Crippen molar-refractivity contribution in [2.45, 2.75) is 6.92 Å². The Kier molecular flexibility index (Phi) is 6.30. The monoisotopic (exact) mass is 394 g/mol. The largest absolute Gasteiger partial charge is 0.492 e. The van der Waals surface area contributed by atoms with E-state index in [1.54, 1.807) is 24.4 Å². The van der Waals surface area contributed by atoms with E-state index in [9.17, 15) is 10.1 Å². The highest BCUT2D eigenvalue weighted by Gasteiger charge is 2.16. The quantitative estimate of drug-likeness (QED) is 0.457. The number of aromatic nitrogens is 3. The number of pyridine rings is 1. The van der Waals surface area contributed by atoms with Crippen LogP contribution in [0.1, 0.15) is 5.69 Å². The molecule has 9 heteroatoms. The Labute approximate surface area is 168 Å². The number of nitrogens with zero attached hydrogens (tertiary/aromatic N) is 5. The van der Waals surface area contributed by atoms with E-state index in [4.69, 9.17) is 4.74 Å². The molecule has 0 fully saturated rings. The summed E-state index contributed by atoms with van der Waals surface area (Å²) >= 11 is 0. The third kappa shape index (κ3) is 5.23. The van der Waals surface area contributed by atoms with E-state index in [1.807, 2.05) is 38.1 Å².